The first kappa shape index (κ1) is 21.9. The van der Waals surface area contributed by atoms with Crippen LogP contribution in [-0.4, -0.2) is 13.3 Å². The van der Waals surface area contributed by atoms with Gasteiger partial charge in [-0.05, 0) is 18.9 Å². The molecule has 29 heavy (non-hydrogen) atoms. The fourth-order valence-corrected chi connectivity index (χ4v) is 4.44. The second-order valence-electron chi connectivity index (χ2n) is 7.44. The molecule has 0 atom stereocenters. The molecule has 0 aromatic heterocycles. The van der Waals surface area contributed by atoms with Gasteiger partial charge in [-0.15, -0.1) is 82.8 Å². The quantitative estimate of drug-likeness (QED) is 0.120. The van der Waals surface area contributed by atoms with Crippen molar-refractivity contribution in [2.75, 3.05) is 13.3 Å². The Kier molecular flexibility index (Phi) is 7.38. The molecule has 5 rings (SSSR count). The van der Waals surface area contributed by atoms with Crippen LogP contribution < -0.4 is 5.30 Å². The molecule has 2 heteroatoms. The molecular formula is C27H25HfP-2. The third-order valence-corrected chi connectivity index (χ3v) is 6.39. The van der Waals surface area contributed by atoms with Crippen LogP contribution >= 0.6 is 7.92 Å². The maximum absolute atomic E-state index is 2.31. The van der Waals surface area contributed by atoms with Crippen LogP contribution in [-0.2, 0) is 25.8 Å². The molecule has 0 fully saturated rings. The molecule has 0 bridgehead atoms. The summed E-state index contributed by atoms with van der Waals surface area (Å²) < 4.78 is 0. The SMILES string of the molecule is CP(C)c1cc2ccccc2[cH-]1.Cc1cc2c(-c3ccccc3)cccc2[cH-]1.[Hf]. The number of rotatable bonds is 2. The van der Waals surface area contributed by atoms with Crippen LogP contribution in [0.15, 0.2) is 97.1 Å². The Hall–Kier alpha value is -1.82. The molecule has 144 valence electrons. The predicted molar refractivity (Wildman–Crippen MR) is 128 cm³/mol. The summed E-state index contributed by atoms with van der Waals surface area (Å²) in [6, 6.07) is 34.7. The second kappa shape index (κ2) is 9.79. The van der Waals surface area contributed by atoms with E-state index in [9.17, 15) is 0 Å². The van der Waals surface area contributed by atoms with Gasteiger partial charge >= 0.3 is 0 Å². The van der Waals surface area contributed by atoms with Crippen LogP contribution in [0.2, 0.25) is 0 Å². The molecule has 5 aromatic rings. The molecule has 0 spiro atoms. The Morgan fingerprint density at radius 1 is 0.690 bits per heavy atom. The molecule has 5 aromatic carbocycles. The van der Waals surface area contributed by atoms with Gasteiger partial charge in [-0.2, -0.15) is 12.1 Å². The van der Waals surface area contributed by atoms with E-state index in [1.807, 2.05) is 0 Å². The van der Waals surface area contributed by atoms with Crippen molar-refractivity contribution >= 4 is 34.8 Å². The molecule has 0 saturated heterocycles. The van der Waals surface area contributed by atoms with Gasteiger partial charge in [-0.3, -0.25) is 0 Å². The molecular weight excluding hydrogens is 534 g/mol. The first-order chi connectivity index (χ1) is 13.6. The van der Waals surface area contributed by atoms with Gasteiger partial charge in [0.05, 0.1) is 0 Å². The maximum Gasteiger partial charge on any atom is 0 e. The zero-order valence-corrected chi connectivity index (χ0v) is 21.7. The average molecular weight is 559 g/mol. The molecule has 0 aliphatic rings. The Bertz CT molecular complexity index is 1160. The smallest absolute Gasteiger partial charge is 0 e. The number of hydrogen-bond donors (Lipinski definition) is 0. The van der Waals surface area contributed by atoms with Crippen molar-refractivity contribution in [3.8, 4) is 11.1 Å². The van der Waals surface area contributed by atoms with Crippen LogP contribution in [0.1, 0.15) is 5.56 Å². The summed E-state index contributed by atoms with van der Waals surface area (Å²) in [7, 11) is 0.0576. The van der Waals surface area contributed by atoms with Crippen molar-refractivity contribution in [1.29, 1.82) is 0 Å². The monoisotopic (exact) mass is 560 g/mol. The van der Waals surface area contributed by atoms with Crippen LogP contribution in [0, 0.1) is 6.92 Å². The summed E-state index contributed by atoms with van der Waals surface area (Å²) in [6.45, 7) is 6.74. The van der Waals surface area contributed by atoms with Gasteiger partial charge in [0.25, 0.3) is 0 Å². The Morgan fingerprint density at radius 3 is 2.10 bits per heavy atom. The second-order valence-corrected chi connectivity index (χ2v) is 9.75. The number of hydrogen-bond acceptors (Lipinski definition) is 0. The Morgan fingerprint density at radius 2 is 1.38 bits per heavy atom. The van der Waals surface area contributed by atoms with Crippen LogP contribution in [0.25, 0.3) is 32.7 Å². The standard InChI is InChI=1S/C16H13.C11H12P.Hf/c1-12-10-14-8-5-9-15(16(14)11-12)13-6-3-2-4-7-13;1-12(2)11-7-9-5-3-4-6-10(9)8-11;/h2-11H,1H3;3-8H,1-2H3;/q2*-1;. The minimum absolute atomic E-state index is 0. The molecule has 0 aliphatic heterocycles. The molecule has 0 heterocycles. The van der Waals surface area contributed by atoms with Gasteiger partial charge in [0, 0.05) is 25.8 Å². The number of fused-ring (bicyclic) bond motifs is 2. The maximum atomic E-state index is 2.31. The first-order valence-electron chi connectivity index (χ1n) is 9.66. The van der Waals surface area contributed by atoms with Gasteiger partial charge in [0.15, 0.2) is 0 Å². The Balaban J connectivity index is 0.000000167. The molecule has 0 radical (unpaired) electrons. The minimum Gasteiger partial charge on any atom is -0.165 e. The molecule has 0 N–H and O–H groups in total. The number of aryl methyl sites for hydroxylation is 1. The zero-order chi connectivity index (χ0) is 19.5. The van der Waals surface area contributed by atoms with E-state index in [0.29, 0.717) is 0 Å². The van der Waals surface area contributed by atoms with E-state index in [-0.39, 0.29) is 33.8 Å². The summed E-state index contributed by atoms with van der Waals surface area (Å²) in [4.78, 5) is 0. The minimum atomic E-state index is 0. The van der Waals surface area contributed by atoms with Crippen LogP contribution in [0.3, 0.4) is 0 Å². The average Bonchev–Trinajstić information content (AvgIpc) is 3.31. The fraction of sp³-hybridized carbons (Fsp3) is 0.111. The van der Waals surface area contributed by atoms with Crippen molar-refractivity contribution in [2.24, 2.45) is 0 Å². The van der Waals surface area contributed by atoms with Crippen molar-refractivity contribution < 1.29 is 25.8 Å². The van der Waals surface area contributed by atoms with E-state index in [0.717, 1.165) is 0 Å². The molecule has 0 unspecified atom stereocenters. The van der Waals surface area contributed by atoms with Crippen molar-refractivity contribution in [3.63, 3.8) is 0 Å². The zero-order valence-electron chi connectivity index (χ0n) is 17.2. The molecule has 0 saturated carbocycles. The van der Waals surface area contributed by atoms with E-state index in [1.54, 1.807) is 0 Å². The topological polar surface area (TPSA) is 0 Å². The van der Waals surface area contributed by atoms with Gasteiger partial charge in [-0.25, -0.2) is 0 Å². The molecule has 0 amide bonds. The van der Waals surface area contributed by atoms with E-state index in [1.165, 1.54) is 43.5 Å². The summed E-state index contributed by atoms with van der Waals surface area (Å²) in [5, 5.41) is 6.95. The third-order valence-electron chi connectivity index (χ3n) is 5.10. The van der Waals surface area contributed by atoms with E-state index in [2.05, 4.69) is 117 Å². The van der Waals surface area contributed by atoms with Crippen LogP contribution in [0.5, 0.6) is 0 Å². The predicted octanol–water partition coefficient (Wildman–Crippen LogP) is 7.46. The van der Waals surface area contributed by atoms with Gasteiger partial charge in [-0.1, -0.05) is 55.0 Å². The van der Waals surface area contributed by atoms with Gasteiger partial charge < -0.3 is 0 Å². The summed E-state index contributed by atoms with van der Waals surface area (Å²) in [5.41, 5.74) is 3.95. The number of benzene rings is 3. The van der Waals surface area contributed by atoms with Crippen molar-refractivity contribution in [3.05, 3.63) is 103 Å². The summed E-state index contributed by atoms with van der Waals surface area (Å²) in [6.07, 6.45) is 0. The molecule has 0 aliphatic carbocycles. The van der Waals surface area contributed by atoms with Crippen molar-refractivity contribution in [2.45, 2.75) is 6.92 Å². The largest absolute Gasteiger partial charge is 0.165 e. The Labute approximate surface area is 193 Å². The molecule has 0 nitrogen and oxygen atoms in total. The van der Waals surface area contributed by atoms with E-state index >= 15 is 0 Å². The van der Waals surface area contributed by atoms with E-state index < -0.39 is 0 Å². The third kappa shape index (κ3) is 5.03. The fourth-order valence-electron chi connectivity index (χ4n) is 3.65. The van der Waals surface area contributed by atoms with Gasteiger partial charge in [0.1, 0.15) is 0 Å². The van der Waals surface area contributed by atoms with Gasteiger partial charge in [0.2, 0.25) is 0 Å². The van der Waals surface area contributed by atoms with Crippen LogP contribution in [0.4, 0.5) is 0 Å². The normalized spacial score (nSPS) is 10.6. The summed E-state index contributed by atoms with van der Waals surface area (Å²) >= 11 is 0. The van der Waals surface area contributed by atoms with Crippen molar-refractivity contribution in [1.82, 2.24) is 0 Å². The first-order valence-corrected chi connectivity index (χ1v) is 11.9. The summed E-state index contributed by atoms with van der Waals surface area (Å²) in [5.74, 6) is 0. The van der Waals surface area contributed by atoms with E-state index in [4.69, 9.17) is 0 Å².